The molecule has 2 aromatic rings. The second kappa shape index (κ2) is 9.58. The highest BCUT2D eigenvalue weighted by Gasteiger charge is 2.47. The Morgan fingerprint density at radius 1 is 1.21 bits per heavy atom. The van der Waals surface area contributed by atoms with Crippen LogP contribution in [0.1, 0.15) is 63.3 Å². The molecule has 4 rings (SSSR count). The number of hydrogen-bond donors (Lipinski definition) is 1. The molecule has 7 nitrogen and oxygen atoms in total. The molecule has 34 heavy (non-hydrogen) atoms. The van der Waals surface area contributed by atoms with E-state index in [1.54, 1.807) is 30.6 Å². The highest BCUT2D eigenvalue weighted by molar-refractivity contribution is 6.46. The average molecular weight is 465 g/mol. The lowest BCUT2D eigenvalue weighted by atomic mass is 9.84. The van der Waals surface area contributed by atoms with Crippen LogP contribution in [-0.2, 0) is 19.7 Å². The molecule has 7 heteroatoms. The Hall–Kier alpha value is -3.19. The van der Waals surface area contributed by atoms with Gasteiger partial charge in [-0.2, -0.15) is 0 Å². The fourth-order valence-electron chi connectivity index (χ4n) is 4.67. The minimum Gasteiger partial charge on any atom is -0.507 e. The molecule has 1 aromatic heterocycles. The summed E-state index contributed by atoms with van der Waals surface area (Å²) < 4.78 is 11.5. The number of carbonyl (C=O) groups is 2. The van der Waals surface area contributed by atoms with Crippen molar-refractivity contribution in [2.45, 2.75) is 58.1 Å². The van der Waals surface area contributed by atoms with Crippen LogP contribution in [0, 0.1) is 0 Å². The van der Waals surface area contributed by atoms with Gasteiger partial charge in [-0.15, -0.1) is 0 Å². The number of aliphatic hydroxyl groups excluding tert-OH is 1. The number of amides is 1. The van der Waals surface area contributed by atoms with Crippen molar-refractivity contribution in [3.05, 3.63) is 65.0 Å². The molecule has 1 aromatic carbocycles. The largest absolute Gasteiger partial charge is 0.507 e. The number of carbonyl (C=O) groups excluding carboxylic acids is 2. The van der Waals surface area contributed by atoms with Gasteiger partial charge in [0.05, 0.1) is 24.3 Å². The number of aromatic nitrogens is 1. The van der Waals surface area contributed by atoms with E-state index in [9.17, 15) is 14.7 Å². The van der Waals surface area contributed by atoms with Gasteiger partial charge in [0.2, 0.25) is 0 Å². The third-order valence-corrected chi connectivity index (χ3v) is 6.35. The maximum atomic E-state index is 13.2. The van der Waals surface area contributed by atoms with Crippen LogP contribution in [0.3, 0.4) is 0 Å². The number of rotatable bonds is 6. The SMILES string of the molecule is CCOc1ccc(/C(O)=C2/C(=O)C(=O)N(CC3CCCO3)C2c2ccncc2)cc1C(C)(C)C. The number of likely N-dealkylation sites (tertiary alicyclic amines) is 1. The second-order valence-corrected chi connectivity index (χ2v) is 9.76. The molecule has 1 amide bonds. The maximum Gasteiger partial charge on any atom is 0.295 e. The van der Waals surface area contributed by atoms with Crippen LogP contribution in [0.2, 0.25) is 0 Å². The molecule has 3 heterocycles. The lowest BCUT2D eigenvalue weighted by molar-refractivity contribution is -0.140. The van der Waals surface area contributed by atoms with E-state index in [2.05, 4.69) is 25.8 Å². The molecule has 180 valence electrons. The number of nitrogens with zero attached hydrogens (tertiary/aromatic N) is 2. The quantitative estimate of drug-likeness (QED) is 0.388. The normalized spacial score (nSPS) is 22.4. The number of Topliss-reactive ketones (excluding diaryl/α,β-unsaturated/α-hetero) is 1. The van der Waals surface area contributed by atoms with E-state index < -0.39 is 17.7 Å². The van der Waals surface area contributed by atoms with E-state index in [0.29, 0.717) is 25.3 Å². The minimum atomic E-state index is -0.711. The monoisotopic (exact) mass is 464 g/mol. The van der Waals surface area contributed by atoms with Crippen molar-refractivity contribution >= 4 is 17.4 Å². The van der Waals surface area contributed by atoms with Gasteiger partial charge < -0.3 is 19.5 Å². The van der Waals surface area contributed by atoms with Gasteiger partial charge >= 0.3 is 0 Å². The first-order valence-corrected chi connectivity index (χ1v) is 11.8. The van der Waals surface area contributed by atoms with E-state index in [-0.39, 0.29) is 22.9 Å². The number of ketones is 1. The van der Waals surface area contributed by atoms with Gasteiger partial charge in [-0.25, -0.2) is 0 Å². The summed E-state index contributed by atoms with van der Waals surface area (Å²) in [6.07, 6.45) is 4.88. The fourth-order valence-corrected chi connectivity index (χ4v) is 4.67. The van der Waals surface area contributed by atoms with Crippen molar-refractivity contribution in [3.8, 4) is 5.75 Å². The van der Waals surface area contributed by atoms with E-state index in [4.69, 9.17) is 9.47 Å². The average Bonchev–Trinajstić information content (AvgIpc) is 3.41. The van der Waals surface area contributed by atoms with Gasteiger partial charge in [-0.3, -0.25) is 14.6 Å². The lowest BCUT2D eigenvalue weighted by Crippen LogP contribution is -2.36. The Labute approximate surface area is 200 Å². The number of pyridine rings is 1. The third kappa shape index (κ3) is 4.57. The summed E-state index contributed by atoms with van der Waals surface area (Å²) in [6, 6.07) is 8.21. The number of ether oxygens (including phenoxy) is 2. The smallest absolute Gasteiger partial charge is 0.295 e. The molecule has 1 N–H and O–H groups in total. The molecule has 2 atom stereocenters. The Morgan fingerprint density at radius 3 is 2.56 bits per heavy atom. The summed E-state index contributed by atoms with van der Waals surface area (Å²) in [5, 5.41) is 11.4. The summed E-state index contributed by atoms with van der Waals surface area (Å²) in [4.78, 5) is 32.0. The highest BCUT2D eigenvalue weighted by atomic mass is 16.5. The van der Waals surface area contributed by atoms with Crippen molar-refractivity contribution < 1.29 is 24.2 Å². The zero-order valence-electron chi connectivity index (χ0n) is 20.2. The molecule has 0 spiro atoms. The number of hydrogen-bond acceptors (Lipinski definition) is 6. The Morgan fingerprint density at radius 2 is 1.94 bits per heavy atom. The van der Waals surface area contributed by atoms with Crippen molar-refractivity contribution in [3.63, 3.8) is 0 Å². The number of benzene rings is 1. The predicted molar refractivity (Wildman–Crippen MR) is 129 cm³/mol. The third-order valence-electron chi connectivity index (χ3n) is 6.35. The Kier molecular flexibility index (Phi) is 6.75. The first kappa shape index (κ1) is 24.0. The Bertz CT molecular complexity index is 1100. The molecule has 0 bridgehead atoms. The summed E-state index contributed by atoms with van der Waals surface area (Å²) >= 11 is 0. The van der Waals surface area contributed by atoms with Gasteiger partial charge in [-0.1, -0.05) is 20.8 Å². The molecule has 0 aliphatic carbocycles. The highest BCUT2D eigenvalue weighted by Crippen LogP contribution is 2.41. The van der Waals surface area contributed by atoms with Gasteiger partial charge in [-0.05, 0) is 61.1 Å². The van der Waals surface area contributed by atoms with Crippen LogP contribution in [0.25, 0.3) is 5.76 Å². The fraction of sp³-hybridized carbons (Fsp3) is 0.444. The predicted octanol–water partition coefficient (Wildman–Crippen LogP) is 4.38. The van der Waals surface area contributed by atoms with Gasteiger partial charge in [0.1, 0.15) is 11.5 Å². The van der Waals surface area contributed by atoms with Crippen molar-refractivity contribution in [1.82, 2.24) is 9.88 Å². The first-order chi connectivity index (χ1) is 16.2. The zero-order valence-corrected chi connectivity index (χ0v) is 20.2. The van der Waals surface area contributed by atoms with Gasteiger partial charge in [0.15, 0.2) is 0 Å². The summed E-state index contributed by atoms with van der Waals surface area (Å²) in [7, 11) is 0. The topological polar surface area (TPSA) is 89.0 Å². The lowest BCUT2D eigenvalue weighted by Gasteiger charge is -2.27. The standard InChI is InChI=1S/C27H32N2O5/c1-5-33-21-9-8-18(15-20(21)27(2,3)4)24(30)22-23(17-10-12-28-13-11-17)29(26(32)25(22)31)16-19-7-6-14-34-19/h8-13,15,19,23,30H,5-7,14,16H2,1-4H3/b24-22-. The van der Waals surface area contributed by atoms with E-state index in [1.807, 2.05) is 19.1 Å². The van der Waals surface area contributed by atoms with Crippen LogP contribution >= 0.6 is 0 Å². The molecule has 2 unspecified atom stereocenters. The second-order valence-electron chi connectivity index (χ2n) is 9.76. The molecule has 2 aliphatic heterocycles. The van der Waals surface area contributed by atoms with Crippen molar-refractivity contribution in [2.75, 3.05) is 19.8 Å². The van der Waals surface area contributed by atoms with Crippen LogP contribution in [0.4, 0.5) is 0 Å². The summed E-state index contributed by atoms with van der Waals surface area (Å²) in [5.41, 5.74) is 1.93. The van der Waals surface area contributed by atoms with E-state index in [1.165, 1.54) is 4.90 Å². The van der Waals surface area contributed by atoms with Crippen LogP contribution < -0.4 is 4.74 Å². The van der Waals surface area contributed by atoms with Gasteiger partial charge in [0.25, 0.3) is 11.7 Å². The molecule has 2 saturated heterocycles. The van der Waals surface area contributed by atoms with E-state index >= 15 is 0 Å². The van der Waals surface area contributed by atoms with Crippen LogP contribution in [-0.4, -0.2) is 52.5 Å². The van der Waals surface area contributed by atoms with Crippen molar-refractivity contribution in [2.24, 2.45) is 0 Å². The zero-order chi connectivity index (χ0) is 24.5. The van der Waals surface area contributed by atoms with Gasteiger partial charge in [0, 0.05) is 36.7 Å². The molecule has 2 aliphatic rings. The minimum absolute atomic E-state index is 0.0817. The summed E-state index contributed by atoms with van der Waals surface area (Å²) in [6.45, 7) is 9.57. The van der Waals surface area contributed by atoms with Crippen LogP contribution in [0.15, 0.2) is 48.3 Å². The molecule has 2 fully saturated rings. The number of aliphatic hydroxyl groups is 1. The first-order valence-electron chi connectivity index (χ1n) is 11.8. The molecular weight excluding hydrogens is 432 g/mol. The summed E-state index contributed by atoms with van der Waals surface area (Å²) in [5.74, 6) is -0.774. The maximum absolute atomic E-state index is 13.2. The molecular formula is C27H32N2O5. The molecule has 0 radical (unpaired) electrons. The Balaban J connectivity index is 1.83. The van der Waals surface area contributed by atoms with Crippen molar-refractivity contribution in [1.29, 1.82) is 0 Å². The van der Waals surface area contributed by atoms with Crippen LogP contribution in [0.5, 0.6) is 5.75 Å². The van der Waals surface area contributed by atoms with E-state index in [0.717, 1.165) is 29.7 Å². The molecule has 0 saturated carbocycles.